The maximum Gasteiger partial charge on any atom is 0.119 e. The third-order valence-corrected chi connectivity index (χ3v) is 7.57. The van der Waals surface area contributed by atoms with Crippen molar-refractivity contribution in [3.8, 4) is 5.75 Å². The SMILES string of the molecule is CCCCOCCC12CCN(CC3CC3)C(Cc3ccc(OC)cc31)C2C. The van der Waals surface area contributed by atoms with Gasteiger partial charge >= 0.3 is 0 Å². The summed E-state index contributed by atoms with van der Waals surface area (Å²) in [6.45, 7) is 9.10. The molecule has 0 N–H and O–H groups in total. The Morgan fingerprint density at radius 3 is 2.81 bits per heavy atom. The van der Waals surface area contributed by atoms with Crippen molar-refractivity contribution in [2.24, 2.45) is 11.8 Å². The smallest absolute Gasteiger partial charge is 0.119 e. The Morgan fingerprint density at radius 2 is 2.07 bits per heavy atom. The van der Waals surface area contributed by atoms with Gasteiger partial charge in [-0.05, 0) is 80.2 Å². The topological polar surface area (TPSA) is 21.7 Å². The van der Waals surface area contributed by atoms with E-state index in [4.69, 9.17) is 9.47 Å². The zero-order valence-electron chi connectivity index (χ0n) is 17.5. The Balaban J connectivity index is 1.59. The average molecular weight is 372 g/mol. The Kier molecular flexibility index (Phi) is 5.80. The molecule has 0 aromatic heterocycles. The van der Waals surface area contributed by atoms with E-state index in [1.165, 1.54) is 51.6 Å². The average Bonchev–Trinajstić information content (AvgIpc) is 3.49. The number of unbranched alkanes of at least 4 members (excludes halogenated alkanes) is 1. The predicted molar refractivity (Wildman–Crippen MR) is 111 cm³/mol. The summed E-state index contributed by atoms with van der Waals surface area (Å²) in [5, 5.41) is 0. The number of ether oxygens (including phenoxy) is 2. The van der Waals surface area contributed by atoms with Gasteiger partial charge in [-0.15, -0.1) is 0 Å². The van der Waals surface area contributed by atoms with Gasteiger partial charge in [0.05, 0.1) is 7.11 Å². The zero-order valence-corrected chi connectivity index (χ0v) is 17.5. The van der Waals surface area contributed by atoms with Crippen LogP contribution in [0.15, 0.2) is 18.2 Å². The molecule has 1 saturated heterocycles. The second kappa shape index (κ2) is 8.13. The number of likely N-dealkylation sites (tertiary alicyclic amines) is 1. The van der Waals surface area contributed by atoms with Crippen LogP contribution in [0.4, 0.5) is 0 Å². The van der Waals surface area contributed by atoms with Crippen LogP contribution in [0.5, 0.6) is 5.75 Å². The second-order valence-corrected chi connectivity index (χ2v) is 9.14. The van der Waals surface area contributed by atoms with E-state index in [0.717, 1.165) is 31.3 Å². The highest BCUT2D eigenvalue weighted by Crippen LogP contribution is 2.52. The van der Waals surface area contributed by atoms with Gasteiger partial charge in [0.1, 0.15) is 5.75 Å². The minimum atomic E-state index is 0.249. The van der Waals surface area contributed by atoms with Gasteiger partial charge in [0, 0.05) is 31.2 Å². The molecule has 2 bridgehead atoms. The van der Waals surface area contributed by atoms with Gasteiger partial charge in [0.15, 0.2) is 0 Å². The fourth-order valence-corrected chi connectivity index (χ4v) is 5.61. The molecule has 1 aromatic carbocycles. The zero-order chi connectivity index (χ0) is 18.9. The summed E-state index contributed by atoms with van der Waals surface area (Å²) in [6, 6.07) is 7.52. The number of hydrogen-bond donors (Lipinski definition) is 0. The molecule has 3 aliphatic rings. The fourth-order valence-electron chi connectivity index (χ4n) is 5.61. The monoisotopic (exact) mass is 371 g/mol. The van der Waals surface area contributed by atoms with E-state index in [-0.39, 0.29) is 5.41 Å². The molecule has 3 nitrogen and oxygen atoms in total. The van der Waals surface area contributed by atoms with Crippen molar-refractivity contribution >= 4 is 0 Å². The molecule has 1 aromatic rings. The summed E-state index contributed by atoms with van der Waals surface area (Å²) in [5.74, 6) is 2.66. The maximum absolute atomic E-state index is 6.04. The van der Waals surface area contributed by atoms with E-state index >= 15 is 0 Å². The molecular weight excluding hydrogens is 334 g/mol. The lowest BCUT2D eigenvalue weighted by molar-refractivity contribution is -0.000392. The van der Waals surface area contributed by atoms with Gasteiger partial charge in [-0.1, -0.05) is 26.3 Å². The van der Waals surface area contributed by atoms with E-state index < -0.39 is 0 Å². The van der Waals surface area contributed by atoms with E-state index in [2.05, 4.69) is 36.9 Å². The van der Waals surface area contributed by atoms with E-state index in [1.54, 1.807) is 18.2 Å². The van der Waals surface area contributed by atoms with Crippen molar-refractivity contribution in [1.82, 2.24) is 4.90 Å². The van der Waals surface area contributed by atoms with Crippen molar-refractivity contribution in [2.75, 3.05) is 33.4 Å². The second-order valence-electron chi connectivity index (χ2n) is 9.14. The molecule has 1 heterocycles. The van der Waals surface area contributed by atoms with Gasteiger partial charge in [-0.25, -0.2) is 0 Å². The number of benzene rings is 1. The van der Waals surface area contributed by atoms with Crippen LogP contribution in [0.3, 0.4) is 0 Å². The molecule has 3 heteroatoms. The highest BCUT2D eigenvalue weighted by molar-refractivity contribution is 5.45. The summed E-state index contributed by atoms with van der Waals surface area (Å²) in [6.07, 6.45) is 8.88. The normalized spacial score (nSPS) is 30.2. The standard InChI is InChI=1S/C24H37NO2/c1-4-5-13-27-14-11-24-10-12-25(17-19-6-7-19)23(18(24)2)15-20-8-9-21(26-3)16-22(20)24/h8-9,16,18-19,23H,4-7,10-15,17H2,1-3H3. The third kappa shape index (κ3) is 3.78. The van der Waals surface area contributed by atoms with Gasteiger partial charge < -0.3 is 9.47 Å². The number of rotatable bonds is 9. The first-order valence-electron chi connectivity index (χ1n) is 11.2. The molecule has 2 fully saturated rings. The molecule has 1 saturated carbocycles. The lowest BCUT2D eigenvalue weighted by Gasteiger charge is -2.56. The van der Waals surface area contributed by atoms with Crippen molar-refractivity contribution in [3.05, 3.63) is 29.3 Å². The molecule has 2 aliphatic carbocycles. The molecule has 27 heavy (non-hydrogen) atoms. The van der Waals surface area contributed by atoms with Gasteiger partial charge in [0.25, 0.3) is 0 Å². The van der Waals surface area contributed by atoms with Crippen LogP contribution in [0.25, 0.3) is 0 Å². The molecule has 0 spiro atoms. The minimum absolute atomic E-state index is 0.249. The number of fused-ring (bicyclic) bond motifs is 4. The van der Waals surface area contributed by atoms with Crippen LogP contribution in [0.2, 0.25) is 0 Å². The van der Waals surface area contributed by atoms with Gasteiger partial charge in [-0.2, -0.15) is 0 Å². The van der Waals surface area contributed by atoms with E-state index in [1.807, 2.05) is 0 Å². The Labute approximate surface area is 165 Å². The quantitative estimate of drug-likeness (QED) is 0.581. The van der Waals surface area contributed by atoms with Gasteiger partial charge in [-0.3, -0.25) is 4.90 Å². The van der Waals surface area contributed by atoms with E-state index in [9.17, 15) is 0 Å². The maximum atomic E-state index is 6.04. The van der Waals surface area contributed by atoms with Crippen molar-refractivity contribution in [3.63, 3.8) is 0 Å². The summed E-state index contributed by atoms with van der Waals surface area (Å²) in [5.41, 5.74) is 3.35. The van der Waals surface area contributed by atoms with E-state index in [0.29, 0.717) is 12.0 Å². The number of piperidine rings is 1. The highest BCUT2D eigenvalue weighted by atomic mass is 16.5. The minimum Gasteiger partial charge on any atom is -0.497 e. The van der Waals surface area contributed by atoms with Crippen molar-refractivity contribution in [2.45, 2.75) is 70.3 Å². The van der Waals surface area contributed by atoms with Crippen molar-refractivity contribution < 1.29 is 9.47 Å². The largest absolute Gasteiger partial charge is 0.497 e. The lowest BCUT2D eigenvalue weighted by Crippen LogP contribution is -2.59. The Hall–Kier alpha value is -1.06. The molecular formula is C24H37NO2. The molecule has 3 atom stereocenters. The van der Waals surface area contributed by atoms with Crippen LogP contribution >= 0.6 is 0 Å². The summed E-state index contributed by atoms with van der Waals surface area (Å²) < 4.78 is 11.6. The van der Waals surface area contributed by atoms with Crippen LogP contribution in [0.1, 0.15) is 63.5 Å². The van der Waals surface area contributed by atoms with Crippen LogP contribution in [-0.2, 0) is 16.6 Å². The molecule has 3 unspecified atom stereocenters. The molecule has 1 aliphatic heterocycles. The fraction of sp³-hybridized carbons (Fsp3) is 0.750. The van der Waals surface area contributed by atoms with Gasteiger partial charge in [0.2, 0.25) is 0 Å². The van der Waals surface area contributed by atoms with Crippen molar-refractivity contribution in [1.29, 1.82) is 0 Å². The first-order valence-corrected chi connectivity index (χ1v) is 11.2. The lowest BCUT2D eigenvalue weighted by atomic mass is 9.56. The Bertz CT molecular complexity index is 641. The first-order chi connectivity index (χ1) is 13.2. The Morgan fingerprint density at radius 1 is 1.22 bits per heavy atom. The molecule has 150 valence electrons. The first kappa shape index (κ1) is 19.3. The van der Waals surface area contributed by atoms with Crippen LogP contribution in [-0.4, -0.2) is 44.4 Å². The number of nitrogens with zero attached hydrogens (tertiary/aromatic N) is 1. The molecule has 4 rings (SSSR count). The summed E-state index contributed by atoms with van der Waals surface area (Å²) >= 11 is 0. The summed E-state index contributed by atoms with van der Waals surface area (Å²) in [4.78, 5) is 2.83. The highest BCUT2D eigenvalue weighted by Gasteiger charge is 2.51. The number of methoxy groups -OCH3 is 1. The predicted octanol–water partition coefficient (Wildman–Crippen LogP) is 4.82. The third-order valence-electron chi connectivity index (χ3n) is 7.57. The van der Waals surface area contributed by atoms with Crippen LogP contribution in [0, 0.1) is 11.8 Å². The molecule has 0 amide bonds. The summed E-state index contributed by atoms with van der Waals surface area (Å²) in [7, 11) is 1.79. The van der Waals surface area contributed by atoms with Crippen LogP contribution < -0.4 is 4.74 Å². The number of hydrogen-bond acceptors (Lipinski definition) is 3. The molecule has 0 radical (unpaired) electrons.